The van der Waals surface area contributed by atoms with Crippen LogP contribution in [0.5, 0.6) is 0 Å². The summed E-state index contributed by atoms with van der Waals surface area (Å²) in [6.07, 6.45) is 10.2. The number of benzene rings is 4. The van der Waals surface area contributed by atoms with E-state index >= 15 is 0 Å². The highest BCUT2D eigenvalue weighted by Crippen LogP contribution is 2.48. The summed E-state index contributed by atoms with van der Waals surface area (Å²) in [6.45, 7) is 6.08. The molecule has 13 heteroatoms. The monoisotopic (exact) mass is 864 g/mol. The number of aromatic nitrogens is 4. The predicted octanol–water partition coefficient (Wildman–Crippen LogP) is 9.63. The SMILES string of the molecule is COC(=O)N[C@H](C(=O)N1CCC[C@H]1c1ncc(-c2ccc3cc(-c4ccc5nc([C@@H]6CC7CCCC[C@H]7N6C(=O)[C@@H](c6cccc(F)c6)N6CCCC6)[nH]c5c4)ccc3c2)[nH]1)C(C)C. The molecule has 3 amide bonds. The second-order valence-corrected chi connectivity index (χ2v) is 18.7. The smallest absolute Gasteiger partial charge is 0.407 e. The van der Waals surface area contributed by atoms with Gasteiger partial charge in [0.2, 0.25) is 11.8 Å². The van der Waals surface area contributed by atoms with Crippen LogP contribution in [-0.2, 0) is 14.3 Å². The van der Waals surface area contributed by atoms with E-state index in [4.69, 9.17) is 14.7 Å². The van der Waals surface area contributed by atoms with E-state index in [1.54, 1.807) is 12.1 Å². The Morgan fingerprint density at radius 1 is 0.781 bits per heavy atom. The first-order chi connectivity index (χ1) is 31.1. The molecule has 332 valence electrons. The zero-order valence-electron chi connectivity index (χ0n) is 36.9. The number of carbonyl (C=O) groups is 3. The molecular weight excluding hydrogens is 808 g/mol. The number of nitrogens with zero attached hydrogens (tertiary/aromatic N) is 5. The van der Waals surface area contributed by atoms with E-state index in [2.05, 4.69) is 79.7 Å². The fourth-order valence-corrected chi connectivity index (χ4v) is 11.2. The quantitative estimate of drug-likeness (QED) is 0.125. The number of methoxy groups -OCH3 is 1. The number of carbonyl (C=O) groups excluding carboxylic acids is 3. The molecule has 3 aliphatic heterocycles. The lowest BCUT2D eigenvalue weighted by Crippen LogP contribution is -2.51. The molecule has 0 radical (unpaired) electrons. The summed E-state index contributed by atoms with van der Waals surface area (Å²) in [5, 5.41) is 4.91. The van der Waals surface area contributed by atoms with Gasteiger partial charge in [0.05, 0.1) is 42.1 Å². The third-order valence-corrected chi connectivity index (χ3v) is 14.4. The van der Waals surface area contributed by atoms with Crippen LogP contribution in [-0.4, -0.2) is 91.4 Å². The highest BCUT2D eigenvalue weighted by atomic mass is 19.1. The summed E-state index contributed by atoms with van der Waals surface area (Å²) < 4.78 is 19.4. The Labute approximate surface area is 373 Å². The van der Waals surface area contributed by atoms with Gasteiger partial charge in [0.25, 0.3) is 0 Å². The van der Waals surface area contributed by atoms with Crippen molar-refractivity contribution in [3.8, 4) is 22.4 Å². The van der Waals surface area contributed by atoms with Crippen molar-refractivity contribution in [2.24, 2.45) is 11.8 Å². The van der Waals surface area contributed by atoms with Gasteiger partial charge in [-0.2, -0.15) is 0 Å². The number of likely N-dealkylation sites (tertiary alicyclic amines) is 3. The minimum atomic E-state index is -0.691. The number of hydrogen-bond donors (Lipinski definition) is 3. The van der Waals surface area contributed by atoms with Crippen LogP contribution in [0.4, 0.5) is 9.18 Å². The average molecular weight is 865 g/mol. The molecule has 4 aromatic carbocycles. The second-order valence-electron chi connectivity index (χ2n) is 18.7. The van der Waals surface area contributed by atoms with Crippen molar-refractivity contribution < 1.29 is 23.5 Å². The number of ether oxygens (including phenoxy) is 1. The second kappa shape index (κ2) is 17.5. The third-order valence-electron chi connectivity index (χ3n) is 14.4. The number of H-pyrrole nitrogens is 2. The number of nitrogens with one attached hydrogen (secondary N) is 3. The molecule has 1 aliphatic carbocycles. The number of rotatable bonds is 10. The summed E-state index contributed by atoms with van der Waals surface area (Å²) in [7, 11) is 1.30. The maximum atomic E-state index is 15.0. The molecule has 0 spiro atoms. The van der Waals surface area contributed by atoms with Gasteiger partial charge in [0.1, 0.15) is 29.5 Å². The Hall–Kier alpha value is -6.08. The molecule has 10 rings (SSSR count). The van der Waals surface area contributed by atoms with Crippen molar-refractivity contribution in [2.45, 2.75) is 102 Å². The van der Waals surface area contributed by atoms with Gasteiger partial charge >= 0.3 is 6.09 Å². The summed E-state index contributed by atoms with van der Waals surface area (Å²) in [5.74, 6) is 1.49. The zero-order chi connectivity index (χ0) is 44.1. The number of imidazole rings is 2. The largest absolute Gasteiger partial charge is 0.453 e. The van der Waals surface area contributed by atoms with E-state index in [1.165, 1.54) is 19.6 Å². The molecule has 2 aromatic heterocycles. The van der Waals surface area contributed by atoms with Gasteiger partial charge in [-0.15, -0.1) is 0 Å². The van der Waals surface area contributed by atoms with E-state index in [9.17, 15) is 18.8 Å². The number of aromatic amines is 2. The maximum absolute atomic E-state index is 15.0. The van der Waals surface area contributed by atoms with Crippen LogP contribution in [0.15, 0.2) is 85.1 Å². The fraction of sp³-hybridized carbons (Fsp3) is 0.431. The number of halogens is 1. The van der Waals surface area contributed by atoms with Gasteiger partial charge < -0.3 is 29.8 Å². The standard InChI is InChI=1S/C51H57FN8O4/c1-30(2)45(57-51(63)64-3)49(61)59-23-9-14-43(59)47-53-29-41(56-47)35-18-17-31-24-32(15-16-33(31)25-35)34-19-20-39-40(27-34)55-48(54-39)44-28-36-10-4-5-13-42(36)60(44)50(62)46(58-21-6-7-22-58)37-11-8-12-38(52)26-37/h8,11-12,15-20,24-27,29-30,36,42-46H,4-7,9-10,13-14,21-23,28H2,1-3H3,(H,53,56)(H,54,55)(H,57,63)/t36?,42-,43+,44+,45+,46-/m1/s1. The molecule has 64 heavy (non-hydrogen) atoms. The highest BCUT2D eigenvalue weighted by molar-refractivity contribution is 5.92. The van der Waals surface area contributed by atoms with Gasteiger partial charge in [0, 0.05) is 18.2 Å². The average Bonchev–Trinajstić information content (AvgIpc) is 4.17. The van der Waals surface area contributed by atoms with Crippen molar-refractivity contribution in [1.29, 1.82) is 0 Å². The maximum Gasteiger partial charge on any atom is 0.407 e. The van der Waals surface area contributed by atoms with E-state index in [0.29, 0.717) is 12.5 Å². The molecule has 3 N–H and O–H groups in total. The molecular formula is C51H57FN8O4. The van der Waals surface area contributed by atoms with Crippen LogP contribution in [0.1, 0.15) is 107 Å². The summed E-state index contributed by atoms with van der Waals surface area (Å²) >= 11 is 0. The molecule has 6 aromatic rings. The lowest BCUT2D eigenvalue weighted by atomic mass is 9.84. The Bertz CT molecular complexity index is 2710. The van der Waals surface area contributed by atoms with Crippen LogP contribution in [0.25, 0.3) is 44.2 Å². The molecule has 12 nitrogen and oxygen atoms in total. The van der Waals surface area contributed by atoms with Gasteiger partial charge in [-0.25, -0.2) is 19.2 Å². The van der Waals surface area contributed by atoms with Crippen molar-refractivity contribution in [1.82, 2.24) is 40.0 Å². The molecule has 1 saturated carbocycles. The Balaban J connectivity index is 0.887. The normalized spacial score (nSPS) is 22.3. The topological polar surface area (TPSA) is 140 Å². The summed E-state index contributed by atoms with van der Waals surface area (Å²) in [5.41, 5.74) is 6.55. The summed E-state index contributed by atoms with van der Waals surface area (Å²) in [4.78, 5) is 64.0. The molecule has 1 unspecified atom stereocenters. The lowest BCUT2D eigenvalue weighted by Gasteiger charge is -2.38. The van der Waals surface area contributed by atoms with Gasteiger partial charge in [-0.05, 0) is 134 Å². The summed E-state index contributed by atoms with van der Waals surface area (Å²) in [6, 6.07) is 24.4. The first-order valence-corrected chi connectivity index (χ1v) is 23.2. The van der Waals surface area contributed by atoms with Crippen molar-refractivity contribution in [2.75, 3.05) is 26.7 Å². The first kappa shape index (κ1) is 41.9. The fourth-order valence-electron chi connectivity index (χ4n) is 11.2. The third kappa shape index (κ3) is 7.92. The van der Waals surface area contributed by atoms with Crippen LogP contribution in [0, 0.1) is 17.7 Å². The van der Waals surface area contributed by atoms with Gasteiger partial charge in [-0.1, -0.05) is 69.2 Å². The first-order valence-electron chi connectivity index (χ1n) is 23.2. The zero-order valence-corrected chi connectivity index (χ0v) is 36.9. The van der Waals surface area contributed by atoms with E-state index in [0.717, 1.165) is 126 Å². The number of amides is 3. The molecule has 4 aliphatic rings. The Morgan fingerprint density at radius 3 is 2.31 bits per heavy atom. The van der Waals surface area contributed by atoms with Crippen molar-refractivity contribution >= 4 is 39.7 Å². The molecule has 0 bridgehead atoms. The van der Waals surface area contributed by atoms with Crippen LogP contribution in [0.2, 0.25) is 0 Å². The molecule has 4 fully saturated rings. The van der Waals surface area contributed by atoms with Crippen molar-refractivity contribution in [3.05, 3.63) is 108 Å². The minimum Gasteiger partial charge on any atom is -0.453 e. The molecule has 3 saturated heterocycles. The van der Waals surface area contributed by atoms with Crippen molar-refractivity contribution in [3.63, 3.8) is 0 Å². The number of fused-ring (bicyclic) bond motifs is 3. The number of alkyl carbamates (subject to hydrolysis) is 1. The van der Waals surface area contributed by atoms with Crippen LogP contribution < -0.4 is 5.32 Å². The lowest BCUT2D eigenvalue weighted by molar-refractivity contribution is -0.141. The Kier molecular flexibility index (Phi) is 11.4. The van der Waals surface area contributed by atoms with Crippen LogP contribution >= 0.6 is 0 Å². The Morgan fingerprint density at radius 2 is 1.53 bits per heavy atom. The van der Waals surface area contributed by atoms with E-state index in [-0.39, 0.29) is 41.7 Å². The van der Waals surface area contributed by atoms with E-state index in [1.807, 2.05) is 31.0 Å². The highest BCUT2D eigenvalue weighted by Gasteiger charge is 2.49. The van der Waals surface area contributed by atoms with Crippen LogP contribution in [0.3, 0.4) is 0 Å². The van der Waals surface area contributed by atoms with E-state index < -0.39 is 18.2 Å². The van der Waals surface area contributed by atoms with Gasteiger partial charge in [0.15, 0.2) is 0 Å². The molecule has 6 atom stereocenters. The number of hydrogen-bond acceptors (Lipinski definition) is 7. The minimum absolute atomic E-state index is 0.0684. The predicted molar refractivity (Wildman–Crippen MR) is 244 cm³/mol. The molecule has 5 heterocycles. The van der Waals surface area contributed by atoms with Gasteiger partial charge in [-0.3, -0.25) is 14.5 Å².